The van der Waals surface area contributed by atoms with E-state index in [9.17, 15) is 0 Å². The minimum absolute atomic E-state index is 0.0212. The molecule has 0 aromatic carbocycles. The molecule has 3 heteroatoms. The van der Waals surface area contributed by atoms with Crippen LogP contribution in [0.4, 0.5) is 0 Å². The minimum atomic E-state index is -0.0212. The lowest BCUT2D eigenvalue weighted by Crippen LogP contribution is -2.39. The van der Waals surface area contributed by atoms with Gasteiger partial charge in [0.15, 0.2) is 0 Å². The van der Waals surface area contributed by atoms with Crippen LogP contribution in [0.3, 0.4) is 0 Å². The van der Waals surface area contributed by atoms with E-state index in [2.05, 4.69) is 22.0 Å². The van der Waals surface area contributed by atoms with Crippen LogP contribution in [-0.4, -0.2) is 35.1 Å². The van der Waals surface area contributed by atoms with Gasteiger partial charge in [0.2, 0.25) is 0 Å². The highest BCUT2D eigenvalue weighted by molar-refractivity contribution is 5.24. The third kappa shape index (κ3) is 1.25. The zero-order chi connectivity index (χ0) is 10.6. The van der Waals surface area contributed by atoms with Gasteiger partial charge in [0.05, 0.1) is 5.69 Å². The van der Waals surface area contributed by atoms with Gasteiger partial charge in [-0.05, 0) is 31.4 Å². The average Bonchev–Trinajstić information content (AvgIpc) is 3.22. The SMILES string of the molecule is c1ccc([C@@]23CCN(C4CC4)C[C@@H]2O3)nc1. The van der Waals surface area contributed by atoms with Crippen molar-refractivity contribution in [1.82, 2.24) is 9.88 Å². The molecule has 2 atom stereocenters. The van der Waals surface area contributed by atoms with Gasteiger partial charge in [-0.15, -0.1) is 0 Å². The molecule has 1 aromatic heterocycles. The van der Waals surface area contributed by atoms with E-state index >= 15 is 0 Å². The predicted octanol–water partition coefficient (Wildman–Crippen LogP) is 1.54. The third-order valence-electron chi connectivity index (χ3n) is 4.15. The number of ether oxygens (including phenoxy) is 1. The molecule has 0 spiro atoms. The van der Waals surface area contributed by atoms with Crippen LogP contribution in [0.2, 0.25) is 0 Å². The molecule has 1 saturated carbocycles. The second-order valence-electron chi connectivity index (χ2n) is 5.19. The Morgan fingerprint density at radius 1 is 1.38 bits per heavy atom. The predicted molar refractivity (Wildman–Crippen MR) is 60.0 cm³/mol. The van der Waals surface area contributed by atoms with Crippen molar-refractivity contribution in [3.63, 3.8) is 0 Å². The van der Waals surface area contributed by atoms with Crippen molar-refractivity contribution in [1.29, 1.82) is 0 Å². The Balaban J connectivity index is 1.55. The fourth-order valence-corrected chi connectivity index (χ4v) is 2.98. The van der Waals surface area contributed by atoms with Gasteiger partial charge in [-0.1, -0.05) is 6.07 Å². The molecule has 0 amide bonds. The Labute approximate surface area is 95.4 Å². The maximum absolute atomic E-state index is 5.96. The second-order valence-corrected chi connectivity index (χ2v) is 5.19. The highest BCUT2D eigenvalue weighted by atomic mass is 16.6. The van der Waals surface area contributed by atoms with Gasteiger partial charge in [-0.3, -0.25) is 9.88 Å². The summed E-state index contributed by atoms with van der Waals surface area (Å²) in [5.74, 6) is 0. The van der Waals surface area contributed by atoms with Gasteiger partial charge in [-0.2, -0.15) is 0 Å². The number of hydrogen-bond donors (Lipinski definition) is 0. The Kier molecular flexibility index (Phi) is 1.74. The van der Waals surface area contributed by atoms with E-state index in [0.717, 1.165) is 24.7 Å². The molecule has 2 aliphatic heterocycles. The molecule has 84 valence electrons. The summed E-state index contributed by atoms with van der Waals surface area (Å²) >= 11 is 0. The van der Waals surface area contributed by atoms with Gasteiger partial charge in [0.25, 0.3) is 0 Å². The standard InChI is InChI=1S/C13H16N2O/c1-2-7-14-11(3-1)13-6-8-15(10-4-5-10)9-12(13)16-13/h1-3,7,10,12H,4-6,8-9H2/t12-,13-/m0/s1. The number of pyridine rings is 1. The molecule has 16 heavy (non-hydrogen) atoms. The smallest absolute Gasteiger partial charge is 0.139 e. The number of nitrogens with zero attached hydrogens (tertiary/aromatic N) is 2. The lowest BCUT2D eigenvalue weighted by atomic mass is 9.92. The van der Waals surface area contributed by atoms with Gasteiger partial charge in [0.1, 0.15) is 11.7 Å². The van der Waals surface area contributed by atoms with E-state index in [4.69, 9.17) is 4.74 Å². The van der Waals surface area contributed by atoms with Gasteiger partial charge in [-0.25, -0.2) is 0 Å². The van der Waals surface area contributed by atoms with Crippen LogP contribution in [0.5, 0.6) is 0 Å². The van der Waals surface area contributed by atoms with E-state index in [1.165, 1.54) is 19.4 Å². The number of aromatic nitrogens is 1. The first-order valence-corrected chi connectivity index (χ1v) is 6.22. The fraction of sp³-hybridized carbons (Fsp3) is 0.615. The molecule has 0 unspecified atom stereocenters. The fourth-order valence-electron chi connectivity index (χ4n) is 2.98. The molecule has 3 heterocycles. The Bertz CT molecular complexity index is 404. The lowest BCUT2D eigenvalue weighted by Gasteiger charge is -2.27. The molecule has 0 radical (unpaired) electrons. The number of likely N-dealkylation sites (tertiary alicyclic amines) is 1. The maximum Gasteiger partial charge on any atom is 0.139 e. The van der Waals surface area contributed by atoms with E-state index in [-0.39, 0.29) is 5.60 Å². The summed E-state index contributed by atoms with van der Waals surface area (Å²) in [5, 5.41) is 0. The first kappa shape index (κ1) is 9.14. The van der Waals surface area contributed by atoms with Crippen LogP contribution in [0.25, 0.3) is 0 Å². The van der Waals surface area contributed by atoms with Crippen LogP contribution in [0.1, 0.15) is 25.0 Å². The summed E-state index contributed by atoms with van der Waals surface area (Å²) in [6.07, 6.45) is 6.17. The Morgan fingerprint density at radius 2 is 2.31 bits per heavy atom. The van der Waals surface area contributed by atoms with Crippen molar-refractivity contribution < 1.29 is 4.74 Å². The summed E-state index contributed by atoms with van der Waals surface area (Å²) in [4.78, 5) is 7.05. The summed E-state index contributed by atoms with van der Waals surface area (Å²) in [6, 6.07) is 7.00. The zero-order valence-corrected chi connectivity index (χ0v) is 9.30. The Hall–Kier alpha value is -0.930. The summed E-state index contributed by atoms with van der Waals surface area (Å²) < 4.78 is 5.96. The number of piperidine rings is 1. The van der Waals surface area contributed by atoms with E-state index in [1.807, 2.05) is 12.3 Å². The molecule has 1 aromatic rings. The molecule has 3 aliphatic rings. The maximum atomic E-state index is 5.96. The Morgan fingerprint density at radius 3 is 3.00 bits per heavy atom. The summed E-state index contributed by atoms with van der Waals surface area (Å²) in [7, 11) is 0. The molecule has 2 saturated heterocycles. The van der Waals surface area contributed by atoms with Crippen LogP contribution < -0.4 is 0 Å². The second kappa shape index (κ2) is 3.05. The highest BCUT2D eigenvalue weighted by Crippen LogP contribution is 2.52. The quantitative estimate of drug-likeness (QED) is 0.702. The van der Waals surface area contributed by atoms with Gasteiger partial charge in [0, 0.05) is 25.3 Å². The number of rotatable bonds is 2. The summed E-state index contributed by atoms with van der Waals surface area (Å²) in [6.45, 7) is 2.29. The molecule has 0 N–H and O–H groups in total. The normalized spacial score (nSPS) is 38.1. The van der Waals surface area contributed by atoms with Crippen molar-refractivity contribution in [3.8, 4) is 0 Å². The number of hydrogen-bond acceptors (Lipinski definition) is 3. The van der Waals surface area contributed by atoms with Crippen molar-refractivity contribution in [2.45, 2.75) is 37.0 Å². The van der Waals surface area contributed by atoms with E-state index in [1.54, 1.807) is 0 Å². The topological polar surface area (TPSA) is 28.7 Å². The van der Waals surface area contributed by atoms with Crippen molar-refractivity contribution in [2.75, 3.05) is 13.1 Å². The molecular formula is C13H16N2O. The first-order valence-electron chi connectivity index (χ1n) is 6.22. The van der Waals surface area contributed by atoms with Crippen LogP contribution in [-0.2, 0) is 10.3 Å². The number of epoxide rings is 1. The summed E-state index contributed by atoms with van der Waals surface area (Å²) in [5.41, 5.74) is 1.11. The molecule has 1 aliphatic carbocycles. The van der Waals surface area contributed by atoms with Gasteiger partial charge < -0.3 is 4.74 Å². The zero-order valence-electron chi connectivity index (χ0n) is 9.30. The monoisotopic (exact) mass is 216 g/mol. The molecule has 0 bridgehead atoms. The molecule has 3 nitrogen and oxygen atoms in total. The van der Waals surface area contributed by atoms with Gasteiger partial charge >= 0.3 is 0 Å². The first-order chi connectivity index (χ1) is 7.88. The molecule has 4 rings (SSSR count). The average molecular weight is 216 g/mol. The van der Waals surface area contributed by atoms with E-state index in [0.29, 0.717) is 6.10 Å². The minimum Gasteiger partial charge on any atom is -0.358 e. The van der Waals surface area contributed by atoms with E-state index < -0.39 is 0 Å². The molecule has 3 fully saturated rings. The number of fused-ring (bicyclic) bond motifs is 1. The largest absolute Gasteiger partial charge is 0.358 e. The highest BCUT2D eigenvalue weighted by Gasteiger charge is 2.61. The molecular weight excluding hydrogens is 200 g/mol. The van der Waals surface area contributed by atoms with Crippen LogP contribution >= 0.6 is 0 Å². The van der Waals surface area contributed by atoms with Crippen molar-refractivity contribution in [3.05, 3.63) is 30.1 Å². The van der Waals surface area contributed by atoms with Crippen molar-refractivity contribution >= 4 is 0 Å². The third-order valence-corrected chi connectivity index (χ3v) is 4.15. The van der Waals surface area contributed by atoms with Crippen LogP contribution in [0.15, 0.2) is 24.4 Å². The van der Waals surface area contributed by atoms with Crippen molar-refractivity contribution in [2.24, 2.45) is 0 Å². The van der Waals surface area contributed by atoms with Crippen LogP contribution in [0, 0.1) is 0 Å². The lowest BCUT2D eigenvalue weighted by molar-refractivity contribution is 0.214.